The summed E-state index contributed by atoms with van der Waals surface area (Å²) in [6, 6.07) is 1.61. The molecule has 1 unspecified atom stereocenters. The minimum absolute atomic E-state index is 0.0806. The average molecular weight is 352 g/mol. The van der Waals surface area contributed by atoms with Gasteiger partial charge in [-0.3, -0.25) is 10.1 Å². The van der Waals surface area contributed by atoms with E-state index >= 15 is 0 Å². The lowest BCUT2D eigenvalue weighted by Crippen LogP contribution is -2.41. The van der Waals surface area contributed by atoms with Gasteiger partial charge in [0.25, 0.3) is 0 Å². The highest BCUT2D eigenvalue weighted by Gasteiger charge is 2.30. The number of hydrogen-bond acceptors (Lipinski definition) is 8. The molecule has 1 fully saturated rings. The molecular weight excluding hydrogens is 328 g/mol. The number of nitro groups is 1. The van der Waals surface area contributed by atoms with E-state index in [0.29, 0.717) is 25.2 Å². The molecule has 0 amide bonds. The van der Waals surface area contributed by atoms with Crippen molar-refractivity contribution in [2.45, 2.75) is 45.3 Å². The highest BCUT2D eigenvalue weighted by molar-refractivity contribution is 5.74. The molecule has 1 aromatic heterocycles. The molecule has 0 bridgehead atoms. The highest BCUT2D eigenvalue weighted by Crippen LogP contribution is 2.35. The standard InChI is InChI=1S/C16H24N4O5/c1-16(2,3)25-15(21)24-11-6-5-9-19(10-11)12-7-8-18-14(17-4)13(12)20(22)23/h7-8,11H,5-6,9-10H2,1-4H3,(H,17,18). The molecule has 138 valence electrons. The molecule has 9 heteroatoms. The SMILES string of the molecule is CNc1nccc(N2CCCC(OC(=O)OC(C)(C)C)C2)c1[N+](=O)[O-]. The van der Waals surface area contributed by atoms with Crippen LogP contribution in [0.3, 0.4) is 0 Å². The van der Waals surface area contributed by atoms with Gasteiger partial charge in [0.05, 0.1) is 11.5 Å². The maximum absolute atomic E-state index is 11.9. The minimum Gasteiger partial charge on any atom is -0.429 e. The van der Waals surface area contributed by atoms with E-state index in [9.17, 15) is 14.9 Å². The summed E-state index contributed by atoms with van der Waals surface area (Å²) in [5.41, 5.74) is -0.249. The molecule has 1 aliphatic heterocycles. The van der Waals surface area contributed by atoms with Crippen LogP contribution in [0.2, 0.25) is 0 Å². The number of nitrogens with one attached hydrogen (secondary N) is 1. The van der Waals surface area contributed by atoms with E-state index in [1.807, 2.05) is 4.90 Å². The zero-order valence-electron chi connectivity index (χ0n) is 14.9. The van der Waals surface area contributed by atoms with Crippen LogP contribution in [0.5, 0.6) is 0 Å². The predicted molar refractivity (Wildman–Crippen MR) is 93.0 cm³/mol. The zero-order chi connectivity index (χ0) is 18.6. The Balaban J connectivity index is 2.14. The molecule has 0 aromatic carbocycles. The molecule has 2 heterocycles. The van der Waals surface area contributed by atoms with Crippen molar-refractivity contribution in [3.63, 3.8) is 0 Å². The van der Waals surface area contributed by atoms with Crippen molar-refractivity contribution in [2.75, 3.05) is 30.4 Å². The van der Waals surface area contributed by atoms with Crippen molar-refractivity contribution in [3.05, 3.63) is 22.4 Å². The lowest BCUT2D eigenvalue weighted by Gasteiger charge is -2.34. The summed E-state index contributed by atoms with van der Waals surface area (Å²) >= 11 is 0. The van der Waals surface area contributed by atoms with Crippen molar-refractivity contribution in [1.29, 1.82) is 0 Å². The smallest absolute Gasteiger partial charge is 0.429 e. The first-order chi connectivity index (χ1) is 11.7. The first-order valence-electron chi connectivity index (χ1n) is 8.17. The van der Waals surface area contributed by atoms with E-state index in [1.54, 1.807) is 33.9 Å². The Morgan fingerprint density at radius 2 is 2.20 bits per heavy atom. The lowest BCUT2D eigenvalue weighted by atomic mass is 10.1. The fourth-order valence-electron chi connectivity index (χ4n) is 2.73. The van der Waals surface area contributed by atoms with Gasteiger partial charge in [0.2, 0.25) is 5.82 Å². The van der Waals surface area contributed by atoms with E-state index in [4.69, 9.17) is 9.47 Å². The van der Waals surface area contributed by atoms with Crippen LogP contribution in [0.25, 0.3) is 0 Å². The average Bonchev–Trinajstić information content (AvgIpc) is 2.52. The van der Waals surface area contributed by atoms with E-state index in [2.05, 4.69) is 10.3 Å². The van der Waals surface area contributed by atoms with Crippen molar-refractivity contribution >= 4 is 23.3 Å². The molecule has 9 nitrogen and oxygen atoms in total. The van der Waals surface area contributed by atoms with Gasteiger partial charge >= 0.3 is 11.8 Å². The number of pyridine rings is 1. The molecule has 1 aromatic rings. The van der Waals surface area contributed by atoms with Crippen LogP contribution < -0.4 is 10.2 Å². The second kappa shape index (κ2) is 7.54. The van der Waals surface area contributed by atoms with E-state index in [-0.39, 0.29) is 17.6 Å². The summed E-state index contributed by atoms with van der Waals surface area (Å²) in [7, 11) is 1.59. The number of anilines is 2. The molecule has 0 spiro atoms. The Hall–Kier alpha value is -2.58. The van der Waals surface area contributed by atoms with Gasteiger partial charge in [0.1, 0.15) is 17.4 Å². The largest absolute Gasteiger partial charge is 0.509 e. The molecule has 0 aliphatic carbocycles. The predicted octanol–water partition coefficient (Wildman–Crippen LogP) is 2.95. The Morgan fingerprint density at radius 3 is 2.80 bits per heavy atom. The Bertz CT molecular complexity index is 644. The highest BCUT2D eigenvalue weighted by atomic mass is 16.7. The number of nitrogens with zero attached hydrogens (tertiary/aromatic N) is 3. The molecule has 1 N–H and O–H groups in total. The molecule has 2 rings (SSSR count). The Morgan fingerprint density at radius 1 is 1.48 bits per heavy atom. The van der Waals surface area contributed by atoms with Crippen LogP contribution in [0.1, 0.15) is 33.6 Å². The summed E-state index contributed by atoms with van der Waals surface area (Å²) in [5, 5.41) is 14.2. The van der Waals surface area contributed by atoms with Crippen molar-refractivity contribution < 1.29 is 19.2 Å². The topological polar surface area (TPSA) is 107 Å². The van der Waals surface area contributed by atoms with Crippen LogP contribution in [0.4, 0.5) is 22.0 Å². The van der Waals surface area contributed by atoms with Gasteiger partial charge in [0, 0.05) is 19.8 Å². The maximum atomic E-state index is 11.9. The van der Waals surface area contributed by atoms with Gasteiger partial charge in [0.15, 0.2) is 0 Å². The Kier molecular flexibility index (Phi) is 5.66. The number of carbonyl (C=O) groups excluding carboxylic acids is 1. The van der Waals surface area contributed by atoms with Gasteiger partial charge in [-0.15, -0.1) is 0 Å². The van der Waals surface area contributed by atoms with Crippen molar-refractivity contribution in [3.8, 4) is 0 Å². The second-order valence-electron chi connectivity index (χ2n) is 6.83. The first kappa shape index (κ1) is 18.8. The summed E-state index contributed by atoms with van der Waals surface area (Å²) in [4.78, 5) is 28.7. The maximum Gasteiger partial charge on any atom is 0.509 e. The van der Waals surface area contributed by atoms with Crippen LogP contribution in [0.15, 0.2) is 12.3 Å². The van der Waals surface area contributed by atoms with Crippen LogP contribution in [-0.2, 0) is 9.47 Å². The molecule has 25 heavy (non-hydrogen) atoms. The van der Waals surface area contributed by atoms with Crippen LogP contribution in [-0.4, -0.2) is 47.9 Å². The first-order valence-corrected chi connectivity index (χ1v) is 8.17. The van der Waals surface area contributed by atoms with Crippen LogP contribution in [0, 0.1) is 10.1 Å². The molecule has 1 atom stereocenters. The monoisotopic (exact) mass is 352 g/mol. The van der Waals surface area contributed by atoms with E-state index in [1.165, 1.54) is 6.20 Å². The number of aromatic nitrogens is 1. The fraction of sp³-hybridized carbons (Fsp3) is 0.625. The van der Waals surface area contributed by atoms with Crippen LogP contribution >= 0.6 is 0 Å². The minimum atomic E-state index is -0.723. The van der Waals surface area contributed by atoms with Crippen molar-refractivity contribution in [2.24, 2.45) is 0 Å². The molecule has 1 saturated heterocycles. The third-order valence-corrected chi connectivity index (χ3v) is 3.69. The summed E-state index contributed by atoms with van der Waals surface area (Å²) in [5.74, 6) is 0.206. The van der Waals surface area contributed by atoms with Crippen molar-refractivity contribution in [1.82, 2.24) is 4.98 Å². The molecule has 0 saturated carbocycles. The third kappa shape index (κ3) is 4.94. The second-order valence-corrected chi connectivity index (χ2v) is 6.83. The van der Waals surface area contributed by atoms with Gasteiger partial charge in [-0.2, -0.15) is 0 Å². The fourth-order valence-corrected chi connectivity index (χ4v) is 2.73. The molecular formula is C16H24N4O5. The number of rotatable bonds is 4. The Labute approximate surface area is 146 Å². The normalized spacial score (nSPS) is 17.8. The van der Waals surface area contributed by atoms with E-state index < -0.39 is 16.7 Å². The quantitative estimate of drug-likeness (QED) is 0.501. The summed E-state index contributed by atoms with van der Waals surface area (Å²) < 4.78 is 10.5. The summed E-state index contributed by atoms with van der Waals surface area (Å²) in [6.45, 7) is 6.30. The number of hydrogen-bond donors (Lipinski definition) is 1. The summed E-state index contributed by atoms with van der Waals surface area (Å²) in [6.07, 6.45) is 1.86. The van der Waals surface area contributed by atoms with Gasteiger partial charge in [-0.1, -0.05) is 0 Å². The number of ether oxygens (including phenoxy) is 2. The number of piperidine rings is 1. The zero-order valence-corrected chi connectivity index (χ0v) is 14.9. The van der Waals surface area contributed by atoms with Gasteiger partial charge in [-0.05, 0) is 39.7 Å². The molecule has 0 radical (unpaired) electrons. The third-order valence-electron chi connectivity index (χ3n) is 3.69. The van der Waals surface area contributed by atoms with Gasteiger partial charge in [-0.25, -0.2) is 9.78 Å². The lowest BCUT2D eigenvalue weighted by molar-refractivity contribution is -0.383. The van der Waals surface area contributed by atoms with E-state index in [0.717, 1.165) is 6.42 Å². The number of carbonyl (C=O) groups is 1. The molecule has 1 aliphatic rings. The van der Waals surface area contributed by atoms with Gasteiger partial charge < -0.3 is 19.7 Å².